The fourth-order valence-corrected chi connectivity index (χ4v) is 1.06. The number of likely N-dealkylation sites (N-methyl/N-ethyl adjacent to an activating group) is 1. The van der Waals surface area contributed by atoms with Crippen molar-refractivity contribution < 1.29 is 9.53 Å². The van der Waals surface area contributed by atoms with E-state index < -0.39 is 0 Å². The lowest BCUT2D eigenvalue weighted by atomic mass is 10.0. The van der Waals surface area contributed by atoms with Gasteiger partial charge in [-0.3, -0.25) is 4.79 Å². The van der Waals surface area contributed by atoms with Gasteiger partial charge in [0.2, 0.25) is 5.91 Å². The first kappa shape index (κ1) is 19.7. The van der Waals surface area contributed by atoms with E-state index >= 15 is 0 Å². The predicted octanol–water partition coefficient (Wildman–Crippen LogP) is 2.33. The van der Waals surface area contributed by atoms with Crippen LogP contribution in [0.5, 0.6) is 0 Å². The van der Waals surface area contributed by atoms with Gasteiger partial charge in [-0.05, 0) is 41.2 Å². The minimum atomic E-state index is -0.212. The Morgan fingerprint density at radius 3 is 2.06 bits per heavy atom. The van der Waals surface area contributed by atoms with Gasteiger partial charge in [0, 0.05) is 19.0 Å². The van der Waals surface area contributed by atoms with Crippen molar-refractivity contribution in [2.45, 2.75) is 66.0 Å². The van der Waals surface area contributed by atoms with Crippen molar-refractivity contribution >= 4 is 5.91 Å². The number of hydrogen-bond acceptors (Lipinski definition) is 3. The Kier molecular flexibility index (Phi) is 10.2. The van der Waals surface area contributed by atoms with E-state index in [0.717, 1.165) is 6.42 Å². The highest BCUT2D eigenvalue weighted by molar-refractivity contribution is 5.72. The molecule has 4 nitrogen and oxygen atoms in total. The second kappa shape index (κ2) is 9.34. The predicted molar refractivity (Wildman–Crippen MR) is 77.8 cm³/mol. The molecule has 0 aliphatic carbocycles. The van der Waals surface area contributed by atoms with Crippen LogP contribution in [0.1, 0.15) is 54.9 Å². The summed E-state index contributed by atoms with van der Waals surface area (Å²) < 4.78 is 5.85. The highest BCUT2D eigenvalue weighted by Gasteiger charge is 2.23. The summed E-state index contributed by atoms with van der Waals surface area (Å²) in [5.41, 5.74) is -0.234. The summed E-state index contributed by atoms with van der Waals surface area (Å²) in [6.45, 7) is 15.1. The molecule has 0 atom stereocenters. The maximum atomic E-state index is 10.7. The van der Waals surface area contributed by atoms with E-state index in [9.17, 15) is 4.79 Å². The Labute approximate surface area is 113 Å². The summed E-state index contributed by atoms with van der Waals surface area (Å²) in [6, 6.07) is 0. The number of carbonyl (C=O) groups is 1. The first-order valence-corrected chi connectivity index (χ1v) is 6.76. The van der Waals surface area contributed by atoms with E-state index in [1.807, 2.05) is 34.7 Å². The maximum Gasteiger partial charge on any atom is 0.216 e. The van der Waals surface area contributed by atoms with Gasteiger partial charge in [0.15, 0.2) is 0 Å². The van der Waals surface area contributed by atoms with Crippen LogP contribution in [-0.2, 0) is 9.53 Å². The van der Waals surface area contributed by atoms with E-state index in [-0.39, 0.29) is 17.0 Å². The molecule has 0 aromatic heterocycles. The zero-order valence-electron chi connectivity index (χ0n) is 13.4. The van der Waals surface area contributed by atoms with Crippen LogP contribution in [0.2, 0.25) is 0 Å². The highest BCUT2D eigenvalue weighted by atomic mass is 16.5. The number of hydrogen-bond donors (Lipinski definition) is 2. The lowest BCUT2D eigenvalue weighted by Crippen LogP contribution is -2.44. The Hall–Kier alpha value is -0.610. The molecule has 0 rings (SSSR count). The summed E-state index contributed by atoms with van der Waals surface area (Å²) in [6.07, 6.45) is 0.812. The monoisotopic (exact) mass is 260 g/mol. The van der Waals surface area contributed by atoms with Crippen LogP contribution in [0.15, 0.2) is 0 Å². The van der Waals surface area contributed by atoms with Gasteiger partial charge in [-0.15, -0.1) is 0 Å². The molecule has 0 aliphatic heterocycles. The Bertz CT molecular complexity index is 226. The largest absolute Gasteiger partial charge is 0.374 e. The molecule has 0 saturated carbocycles. The molecule has 0 spiro atoms. The lowest BCUT2D eigenvalue weighted by molar-refractivity contribution is -0.119. The molecule has 110 valence electrons. The molecule has 0 aromatic rings. The molecule has 1 amide bonds. The number of amides is 1. The molecule has 0 heterocycles. The van der Waals surface area contributed by atoms with E-state index in [1.54, 1.807) is 0 Å². The van der Waals surface area contributed by atoms with Gasteiger partial charge in [0.05, 0.1) is 12.2 Å². The van der Waals surface area contributed by atoms with Crippen LogP contribution >= 0.6 is 0 Å². The Balaban J connectivity index is 0. The number of carbonyl (C=O) groups excluding carboxylic acids is 1. The smallest absolute Gasteiger partial charge is 0.216 e. The molecule has 0 radical (unpaired) electrons. The van der Waals surface area contributed by atoms with Gasteiger partial charge in [-0.25, -0.2) is 0 Å². The van der Waals surface area contributed by atoms with Gasteiger partial charge >= 0.3 is 0 Å². The zero-order valence-corrected chi connectivity index (χ0v) is 13.4. The SMILES string of the molecule is CC.CNC(C)(C)COC(C)(C)CCNC(C)=O. The van der Waals surface area contributed by atoms with Gasteiger partial charge in [0.25, 0.3) is 0 Å². The van der Waals surface area contributed by atoms with E-state index in [4.69, 9.17) is 4.74 Å². The summed E-state index contributed by atoms with van der Waals surface area (Å²) in [4.78, 5) is 10.7. The van der Waals surface area contributed by atoms with Crippen LogP contribution in [-0.4, -0.2) is 37.2 Å². The molecular weight excluding hydrogens is 228 g/mol. The molecule has 2 N–H and O–H groups in total. The normalized spacial score (nSPS) is 11.6. The summed E-state index contributed by atoms with van der Waals surface area (Å²) in [7, 11) is 1.92. The molecule has 0 fully saturated rings. The minimum Gasteiger partial charge on any atom is -0.374 e. The zero-order chi connectivity index (χ0) is 14.8. The minimum absolute atomic E-state index is 0.00588. The van der Waals surface area contributed by atoms with Crippen LogP contribution in [0.25, 0.3) is 0 Å². The molecule has 4 heteroatoms. The molecule has 0 saturated heterocycles. The molecule has 0 unspecified atom stereocenters. The quantitative estimate of drug-likeness (QED) is 0.738. The average molecular weight is 260 g/mol. The van der Waals surface area contributed by atoms with Gasteiger partial charge < -0.3 is 15.4 Å². The lowest BCUT2D eigenvalue weighted by Gasteiger charge is -2.31. The molecule has 0 bridgehead atoms. The standard InChI is InChI=1S/C12H26N2O2.C2H6/c1-10(15)14-8-7-12(4,5)16-9-11(2,3)13-6;1-2/h13H,7-9H2,1-6H3,(H,14,15);1-2H3. The summed E-state index contributed by atoms with van der Waals surface area (Å²) in [5, 5.41) is 5.97. The van der Waals surface area contributed by atoms with Crippen LogP contribution < -0.4 is 10.6 Å². The Morgan fingerprint density at radius 2 is 1.67 bits per heavy atom. The molecular formula is C14H32N2O2. The van der Waals surface area contributed by atoms with Crippen LogP contribution in [0.4, 0.5) is 0 Å². The summed E-state index contributed by atoms with van der Waals surface area (Å²) >= 11 is 0. The fourth-order valence-electron chi connectivity index (χ4n) is 1.06. The van der Waals surface area contributed by atoms with Crippen molar-refractivity contribution in [2.75, 3.05) is 20.2 Å². The maximum absolute atomic E-state index is 10.7. The Morgan fingerprint density at radius 1 is 1.17 bits per heavy atom. The van der Waals surface area contributed by atoms with Crippen molar-refractivity contribution in [1.29, 1.82) is 0 Å². The second-order valence-corrected chi connectivity index (χ2v) is 5.42. The van der Waals surface area contributed by atoms with Crippen molar-refractivity contribution in [1.82, 2.24) is 10.6 Å². The van der Waals surface area contributed by atoms with Crippen LogP contribution in [0.3, 0.4) is 0 Å². The number of rotatable bonds is 7. The van der Waals surface area contributed by atoms with Crippen molar-refractivity contribution in [2.24, 2.45) is 0 Å². The highest BCUT2D eigenvalue weighted by Crippen LogP contribution is 2.16. The van der Waals surface area contributed by atoms with E-state index in [2.05, 4.69) is 24.5 Å². The van der Waals surface area contributed by atoms with Crippen molar-refractivity contribution in [3.63, 3.8) is 0 Å². The van der Waals surface area contributed by atoms with Gasteiger partial charge in [-0.2, -0.15) is 0 Å². The fraction of sp³-hybridized carbons (Fsp3) is 0.929. The van der Waals surface area contributed by atoms with Gasteiger partial charge in [-0.1, -0.05) is 13.8 Å². The van der Waals surface area contributed by atoms with E-state index in [1.165, 1.54) is 6.92 Å². The summed E-state index contributed by atoms with van der Waals surface area (Å²) in [5.74, 6) is 0.00588. The first-order chi connectivity index (χ1) is 8.18. The van der Waals surface area contributed by atoms with E-state index in [0.29, 0.717) is 13.2 Å². The van der Waals surface area contributed by atoms with Crippen molar-refractivity contribution in [3.8, 4) is 0 Å². The third-order valence-corrected chi connectivity index (χ3v) is 2.60. The number of nitrogens with one attached hydrogen (secondary N) is 2. The molecule has 0 aliphatic rings. The molecule has 18 heavy (non-hydrogen) atoms. The van der Waals surface area contributed by atoms with Crippen molar-refractivity contribution in [3.05, 3.63) is 0 Å². The van der Waals surface area contributed by atoms with Crippen LogP contribution in [0, 0.1) is 0 Å². The van der Waals surface area contributed by atoms with Gasteiger partial charge in [0.1, 0.15) is 0 Å². The third-order valence-electron chi connectivity index (χ3n) is 2.60. The number of ether oxygens (including phenoxy) is 1. The average Bonchev–Trinajstić information content (AvgIpc) is 2.29. The molecule has 0 aromatic carbocycles. The topological polar surface area (TPSA) is 50.4 Å². The second-order valence-electron chi connectivity index (χ2n) is 5.42. The first-order valence-electron chi connectivity index (χ1n) is 6.76. The third kappa shape index (κ3) is 11.9.